The molecule has 146 valence electrons. The zero-order valence-corrected chi connectivity index (χ0v) is 16.2. The average molecular weight is 391 g/mol. The standard InChI is InChI=1S/C19H25N3O4S/c1-25-15-5-4-13-9-14(18(24)21-17(13)10-15)12-22(6-7-23)19(27)20-11-16-3-2-8-26-16/h4-5,9-10,16,23H,2-3,6-8,11-12H2,1H3,(H,20,27)(H,21,24)/t16-/m0/s1. The van der Waals surface area contributed by atoms with Crippen molar-refractivity contribution in [3.8, 4) is 5.75 Å². The molecule has 0 saturated carbocycles. The Balaban J connectivity index is 1.73. The molecule has 0 amide bonds. The second-order valence-corrected chi connectivity index (χ2v) is 6.93. The number of nitrogens with zero attached hydrogens (tertiary/aromatic N) is 1. The molecule has 0 bridgehead atoms. The van der Waals surface area contributed by atoms with Gasteiger partial charge in [-0.3, -0.25) is 4.79 Å². The van der Waals surface area contributed by atoms with E-state index >= 15 is 0 Å². The molecule has 0 unspecified atom stereocenters. The van der Waals surface area contributed by atoms with Crippen molar-refractivity contribution in [3.05, 3.63) is 40.2 Å². The number of ether oxygens (including phenoxy) is 2. The van der Waals surface area contributed by atoms with Crippen LogP contribution in [0.15, 0.2) is 29.1 Å². The van der Waals surface area contributed by atoms with Crippen LogP contribution in [0.4, 0.5) is 0 Å². The second-order valence-electron chi connectivity index (χ2n) is 6.54. The van der Waals surface area contributed by atoms with E-state index in [-0.39, 0.29) is 18.3 Å². The van der Waals surface area contributed by atoms with E-state index in [9.17, 15) is 9.90 Å². The summed E-state index contributed by atoms with van der Waals surface area (Å²) in [5.41, 5.74) is 1.12. The fourth-order valence-electron chi connectivity index (χ4n) is 3.17. The first-order chi connectivity index (χ1) is 13.1. The minimum absolute atomic E-state index is 0.0512. The normalized spacial score (nSPS) is 16.4. The van der Waals surface area contributed by atoms with E-state index in [0.29, 0.717) is 36.1 Å². The van der Waals surface area contributed by atoms with Crippen LogP contribution in [0, 0.1) is 0 Å². The zero-order chi connectivity index (χ0) is 19.2. The van der Waals surface area contributed by atoms with Crippen molar-refractivity contribution in [1.29, 1.82) is 0 Å². The number of hydrogen-bond acceptors (Lipinski definition) is 5. The fourth-order valence-corrected chi connectivity index (χ4v) is 3.41. The number of pyridine rings is 1. The lowest BCUT2D eigenvalue weighted by molar-refractivity contribution is 0.113. The number of aromatic amines is 1. The third-order valence-corrected chi connectivity index (χ3v) is 5.06. The molecule has 0 spiro atoms. The van der Waals surface area contributed by atoms with Crippen molar-refractivity contribution >= 4 is 28.2 Å². The van der Waals surface area contributed by atoms with Crippen molar-refractivity contribution < 1.29 is 14.6 Å². The molecular formula is C19H25N3O4S. The van der Waals surface area contributed by atoms with E-state index in [0.717, 1.165) is 30.4 Å². The number of aliphatic hydroxyl groups excluding tert-OH is 1. The van der Waals surface area contributed by atoms with Crippen LogP contribution in [0.5, 0.6) is 5.75 Å². The fraction of sp³-hybridized carbons (Fsp3) is 0.474. The minimum atomic E-state index is -0.180. The molecule has 2 heterocycles. The van der Waals surface area contributed by atoms with E-state index in [1.54, 1.807) is 18.1 Å². The third kappa shape index (κ3) is 4.97. The highest BCUT2D eigenvalue weighted by atomic mass is 32.1. The Morgan fingerprint density at radius 2 is 2.33 bits per heavy atom. The van der Waals surface area contributed by atoms with Gasteiger partial charge in [0.25, 0.3) is 5.56 Å². The van der Waals surface area contributed by atoms with Gasteiger partial charge in [-0.05, 0) is 48.6 Å². The summed E-state index contributed by atoms with van der Waals surface area (Å²) in [4.78, 5) is 17.2. The number of rotatable bonds is 7. The SMILES string of the molecule is COc1ccc2cc(CN(CCO)C(=S)NC[C@@H]3CCCO3)c(=O)[nH]c2c1. The molecule has 1 saturated heterocycles. The first kappa shape index (κ1) is 19.6. The number of methoxy groups -OCH3 is 1. The van der Waals surface area contributed by atoms with Gasteiger partial charge in [-0.2, -0.15) is 0 Å². The van der Waals surface area contributed by atoms with Crippen LogP contribution in [0.2, 0.25) is 0 Å². The van der Waals surface area contributed by atoms with Gasteiger partial charge in [-0.25, -0.2) is 0 Å². The van der Waals surface area contributed by atoms with Crippen molar-refractivity contribution in [2.24, 2.45) is 0 Å². The topological polar surface area (TPSA) is 86.8 Å². The maximum Gasteiger partial charge on any atom is 0.253 e. The van der Waals surface area contributed by atoms with Gasteiger partial charge in [-0.1, -0.05) is 0 Å². The Labute approximate surface area is 163 Å². The Morgan fingerprint density at radius 3 is 3.04 bits per heavy atom. The maximum absolute atomic E-state index is 12.5. The first-order valence-electron chi connectivity index (χ1n) is 9.06. The summed E-state index contributed by atoms with van der Waals surface area (Å²) in [6.07, 6.45) is 2.25. The van der Waals surface area contributed by atoms with Gasteiger partial charge < -0.3 is 29.8 Å². The van der Waals surface area contributed by atoms with Gasteiger partial charge in [0.05, 0.1) is 31.9 Å². The third-order valence-electron chi connectivity index (χ3n) is 4.65. The van der Waals surface area contributed by atoms with Gasteiger partial charge >= 0.3 is 0 Å². The molecule has 27 heavy (non-hydrogen) atoms. The summed E-state index contributed by atoms with van der Waals surface area (Å²) in [7, 11) is 1.59. The lowest BCUT2D eigenvalue weighted by atomic mass is 10.1. The molecular weight excluding hydrogens is 366 g/mol. The highest BCUT2D eigenvalue weighted by Crippen LogP contribution is 2.19. The van der Waals surface area contributed by atoms with Crippen molar-refractivity contribution in [3.63, 3.8) is 0 Å². The number of aliphatic hydroxyl groups is 1. The Hall–Kier alpha value is -2.16. The quantitative estimate of drug-likeness (QED) is 0.615. The molecule has 1 aliphatic heterocycles. The predicted octanol–water partition coefficient (Wildman–Crippen LogP) is 1.38. The van der Waals surface area contributed by atoms with Crippen molar-refractivity contribution in [2.75, 3.05) is 33.4 Å². The largest absolute Gasteiger partial charge is 0.497 e. The molecule has 0 aliphatic carbocycles. The smallest absolute Gasteiger partial charge is 0.253 e. The molecule has 0 radical (unpaired) electrons. The summed E-state index contributed by atoms with van der Waals surface area (Å²) in [5, 5.41) is 14.0. The molecule has 3 N–H and O–H groups in total. The molecule has 1 aliphatic rings. The van der Waals surface area contributed by atoms with E-state index < -0.39 is 0 Å². The highest BCUT2D eigenvalue weighted by molar-refractivity contribution is 7.80. The van der Waals surface area contributed by atoms with Crippen molar-refractivity contribution in [1.82, 2.24) is 15.2 Å². The molecule has 1 aromatic heterocycles. The molecule has 8 heteroatoms. The number of H-pyrrole nitrogens is 1. The first-order valence-corrected chi connectivity index (χ1v) is 9.46. The number of aromatic nitrogens is 1. The van der Waals surface area contributed by atoms with Gasteiger partial charge in [0.2, 0.25) is 0 Å². The van der Waals surface area contributed by atoms with E-state index in [2.05, 4.69) is 10.3 Å². The predicted molar refractivity (Wildman–Crippen MR) is 108 cm³/mol. The zero-order valence-electron chi connectivity index (χ0n) is 15.4. The molecule has 3 rings (SSSR count). The van der Waals surface area contributed by atoms with Gasteiger partial charge in [-0.15, -0.1) is 0 Å². The van der Waals surface area contributed by atoms with E-state index in [1.165, 1.54) is 0 Å². The van der Waals surface area contributed by atoms with Crippen LogP contribution in [-0.4, -0.2) is 59.6 Å². The van der Waals surface area contributed by atoms with Gasteiger partial charge in [0.1, 0.15) is 5.75 Å². The minimum Gasteiger partial charge on any atom is -0.497 e. The van der Waals surface area contributed by atoms with Crippen LogP contribution in [0.1, 0.15) is 18.4 Å². The molecule has 1 aromatic carbocycles. The summed E-state index contributed by atoms with van der Waals surface area (Å²) in [6, 6.07) is 7.39. The summed E-state index contributed by atoms with van der Waals surface area (Å²) in [5.74, 6) is 0.687. The van der Waals surface area contributed by atoms with E-state index in [4.69, 9.17) is 21.7 Å². The molecule has 2 aromatic rings. The Kier molecular flexibility index (Phi) is 6.65. The average Bonchev–Trinajstić information content (AvgIpc) is 3.19. The van der Waals surface area contributed by atoms with E-state index in [1.807, 2.05) is 18.2 Å². The highest BCUT2D eigenvalue weighted by Gasteiger charge is 2.18. The number of thiocarbonyl (C=S) groups is 1. The van der Waals surface area contributed by atoms with Crippen molar-refractivity contribution in [2.45, 2.75) is 25.5 Å². The number of benzene rings is 1. The van der Waals surface area contributed by atoms with Gasteiger partial charge in [0.15, 0.2) is 5.11 Å². The summed E-state index contributed by atoms with van der Waals surface area (Å²) in [6.45, 7) is 2.03. The summed E-state index contributed by atoms with van der Waals surface area (Å²) >= 11 is 5.47. The van der Waals surface area contributed by atoms with Crippen LogP contribution in [0.25, 0.3) is 10.9 Å². The van der Waals surface area contributed by atoms with Crippen LogP contribution in [-0.2, 0) is 11.3 Å². The monoisotopic (exact) mass is 391 g/mol. The molecule has 1 fully saturated rings. The van der Waals surface area contributed by atoms with Crippen LogP contribution in [0.3, 0.4) is 0 Å². The maximum atomic E-state index is 12.5. The van der Waals surface area contributed by atoms with Crippen LogP contribution >= 0.6 is 12.2 Å². The summed E-state index contributed by atoms with van der Waals surface area (Å²) < 4.78 is 10.8. The lowest BCUT2D eigenvalue weighted by Crippen LogP contribution is -2.44. The number of fused-ring (bicyclic) bond motifs is 1. The molecule has 7 nitrogen and oxygen atoms in total. The second kappa shape index (κ2) is 9.16. The Morgan fingerprint density at radius 1 is 1.48 bits per heavy atom. The lowest BCUT2D eigenvalue weighted by Gasteiger charge is -2.26. The van der Waals surface area contributed by atoms with Gasteiger partial charge in [0, 0.05) is 31.3 Å². The van der Waals surface area contributed by atoms with Crippen LogP contribution < -0.4 is 15.6 Å². The number of nitrogens with one attached hydrogen (secondary N) is 2. The number of hydrogen-bond donors (Lipinski definition) is 3. The Bertz CT molecular complexity index is 848. The molecule has 1 atom stereocenters.